The molecule has 1 fully saturated rings. The van der Waals surface area contributed by atoms with Gasteiger partial charge >= 0.3 is 0 Å². The molecule has 0 saturated carbocycles. The lowest BCUT2D eigenvalue weighted by molar-refractivity contribution is -0.0419. The number of aryl methyl sites for hydroxylation is 2. The van der Waals surface area contributed by atoms with Crippen LogP contribution in [0.5, 0.6) is 0 Å². The minimum absolute atomic E-state index is 0.249. The molecule has 2 N–H and O–H groups in total. The van der Waals surface area contributed by atoms with Gasteiger partial charge in [-0.05, 0) is 68.1 Å². The highest BCUT2D eigenvalue weighted by Gasteiger charge is 2.42. The second kappa shape index (κ2) is 6.96. The van der Waals surface area contributed by atoms with Gasteiger partial charge in [-0.3, -0.25) is 4.98 Å². The van der Waals surface area contributed by atoms with E-state index in [4.69, 9.17) is 0 Å². The number of H-pyrrole nitrogens is 1. The van der Waals surface area contributed by atoms with Crippen molar-refractivity contribution in [1.82, 2.24) is 15.3 Å². The first kappa shape index (κ1) is 19.1. The summed E-state index contributed by atoms with van der Waals surface area (Å²) in [4.78, 5) is 8.02. The Kier molecular flexibility index (Phi) is 4.74. The van der Waals surface area contributed by atoms with Crippen molar-refractivity contribution in [1.29, 1.82) is 0 Å². The fraction of sp³-hybridized carbons (Fsp3) is 0.435. The molecular formula is C23H27F2N3. The highest BCUT2D eigenvalue weighted by atomic mass is 19.3. The molecule has 5 heteroatoms. The molecule has 0 amide bonds. The number of alkyl halides is 2. The lowest BCUT2D eigenvalue weighted by Gasteiger charge is -2.32. The van der Waals surface area contributed by atoms with Gasteiger partial charge in [0.2, 0.25) is 0 Å². The molecule has 1 aromatic carbocycles. The van der Waals surface area contributed by atoms with Gasteiger partial charge in [-0.15, -0.1) is 0 Å². The van der Waals surface area contributed by atoms with Crippen molar-refractivity contribution >= 4 is 10.9 Å². The van der Waals surface area contributed by atoms with Crippen LogP contribution in [0.3, 0.4) is 0 Å². The zero-order valence-corrected chi connectivity index (χ0v) is 16.9. The van der Waals surface area contributed by atoms with Crippen LogP contribution in [0.4, 0.5) is 8.78 Å². The van der Waals surface area contributed by atoms with Crippen LogP contribution in [-0.4, -0.2) is 29.0 Å². The van der Waals surface area contributed by atoms with Crippen molar-refractivity contribution in [3.63, 3.8) is 0 Å². The fourth-order valence-corrected chi connectivity index (χ4v) is 4.50. The molecule has 1 aliphatic rings. The molecule has 1 aliphatic heterocycles. The Morgan fingerprint density at radius 1 is 1.11 bits per heavy atom. The van der Waals surface area contributed by atoms with E-state index >= 15 is 0 Å². The second-order valence-electron chi connectivity index (χ2n) is 8.29. The quantitative estimate of drug-likeness (QED) is 0.611. The fourth-order valence-electron chi connectivity index (χ4n) is 4.50. The third-order valence-corrected chi connectivity index (χ3v) is 5.69. The van der Waals surface area contributed by atoms with Gasteiger partial charge in [0, 0.05) is 27.9 Å². The number of hydrogen-bond acceptors (Lipinski definition) is 2. The van der Waals surface area contributed by atoms with Gasteiger partial charge in [-0.25, -0.2) is 8.78 Å². The van der Waals surface area contributed by atoms with Crippen LogP contribution in [-0.2, 0) is 0 Å². The highest BCUT2D eigenvalue weighted by molar-refractivity contribution is 5.92. The maximum absolute atomic E-state index is 14.5. The maximum atomic E-state index is 14.5. The molecule has 0 aliphatic carbocycles. The van der Waals surface area contributed by atoms with Crippen LogP contribution < -0.4 is 5.32 Å². The number of nitrogens with one attached hydrogen (secondary N) is 2. The minimum atomic E-state index is -2.72. The number of rotatable bonds is 3. The summed E-state index contributed by atoms with van der Waals surface area (Å²) < 4.78 is 29.0. The van der Waals surface area contributed by atoms with E-state index in [1.54, 1.807) is 0 Å². The second-order valence-corrected chi connectivity index (χ2v) is 8.29. The molecule has 1 saturated heterocycles. The van der Waals surface area contributed by atoms with E-state index in [0.717, 1.165) is 39.1 Å². The monoisotopic (exact) mass is 383 g/mol. The number of pyridine rings is 1. The van der Waals surface area contributed by atoms with Crippen molar-refractivity contribution in [2.45, 2.75) is 51.9 Å². The van der Waals surface area contributed by atoms with Gasteiger partial charge in [0.1, 0.15) is 0 Å². The first-order valence-corrected chi connectivity index (χ1v) is 9.96. The zero-order chi connectivity index (χ0) is 20.1. The summed E-state index contributed by atoms with van der Waals surface area (Å²) in [6.45, 7) is 8.67. The number of hydrogen-bond donors (Lipinski definition) is 2. The Balaban J connectivity index is 1.88. The van der Waals surface area contributed by atoms with Crippen LogP contribution in [0.1, 0.15) is 54.6 Å². The van der Waals surface area contributed by atoms with Gasteiger partial charge in [0.05, 0.1) is 18.2 Å². The van der Waals surface area contributed by atoms with E-state index in [0.29, 0.717) is 13.0 Å². The molecule has 1 atom stereocenters. The average Bonchev–Trinajstić information content (AvgIpc) is 2.99. The molecule has 3 nitrogen and oxygen atoms in total. The minimum Gasteiger partial charge on any atom is -0.354 e. The number of aromatic amines is 1. The third kappa shape index (κ3) is 3.32. The Bertz CT molecular complexity index is 1000. The normalized spacial score (nSPS) is 19.5. The predicted molar refractivity (Wildman–Crippen MR) is 110 cm³/mol. The Hall–Kier alpha value is -2.27. The van der Waals surface area contributed by atoms with Gasteiger partial charge in [-0.2, -0.15) is 0 Å². The van der Waals surface area contributed by atoms with Crippen molar-refractivity contribution in [2.24, 2.45) is 0 Å². The number of benzene rings is 1. The highest BCUT2D eigenvalue weighted by Crippen LogP contribution is 2.41. The van der Waals surface area contributed by atoms with Crippen LogP contribution >= 0.6 is 0 Å². The molecule has 3 aromatic rings. The molecule has 0 spiro atoms. The molecule has 0 radical (unpaired) electrons. The summed E-state index contributed by atoms with van der Waals surface area (Å²) in [5.41, 5.74) is 7.00. The molecule has 148 valence electrons. The summed E-state index contributed by atoms with van der Waals surface area (Å²) >= 11 is 0. The Morgan fingerprint density at radius 2 is 1.82 bits per heavy atom. The molecule has 0 bridgehead atoms. The van der Waals surface area contributed by atoms with Crippen LogP contribution in [0, 0.1) is 13.8 Å². The van der Waals surface area contributed by atoms with E-state index in [2.05, 4.69) is 41.3 Å². The van der Waals surface area contributed by atoms with Crippen LogP contribution in [0.15, 0.2) is 30.3 Å². The van der Waals surface area contributed by atoms with E-state index in [9.17, 15) is 8.78 Å². The van der Waals surface area contributed by atoms with Gasteiger partial charge in [-0.1, -0.05) is 19.9 Å². The van der Waals surface area contributed by atoms with E-state index in [-0.39, 0.29) is 12.5 Å². The van der Waals surface area contributed by atoms with Crippen LogP contribution in [0.2, 0.25) is 0 Å². The first-order valence-electron chi connectivity index (χ1n) is 9.96. The van der Waals surface area contributed by atoms with Gasteiger partial charge < -0.3 is 10.3 Å². The lowest BCUT2D eigenvalue weighted by atomic mass is 9.85. The molecule has 2 aromatic heterocycles. The molecule has 28 heavy (non-hydrogen) atoms. The van der Waals surface area contributed by atoms with Crippen molar-refractivity contribution in [2.75, 3.05) is 13.1 Å². The number of piperidine rings is 1. The van der Waals surface area contributed by atoms with E-state index in [1.165, 1.54) is 5.56 Å². The molecular weight excluding hydrogens is 356 g/mol. The largest absolute Gasteiger partial charge is 0.354 e. The van der Waals surface area contributed by atoms with E-state index in [1.807, 2.05) is 32.0 Å². The summed E-state index contributed by atoms with van der Waals surface area (Å²) in [6.07, 6.45) is 0.454. The number of fused-ring (bicyclic) bond motifs is 1. The topological polar surface area (TPSA) is 40.7 Å². The smallest absolute Gasteiger partial charge is 0.267 e. The Morgan fingerprint density at radius 3 is 2.46 bits per heavy atom. The third-order valence-electron chi connectivity index (χ3n) is 5.69. The molecule has 0 unspecified atom stereocenters. The first-order chi connectivity index (χ1) is 13.3. The lowest BCUT2D eigenvalue weighted by Crippen LogP contribution is -2.44. The summed E-state index contributed by atoms with van der Waals surface area (Å²) in [7, 11) is 0. The SMILES string of the molecule is Cc1cc(-c2[nH]c3ccc([C@@H]4CCNCC4(F)F)cc3c2C(C)C)cc(C)n1. The summed E-state index contributed by atoms with van der Waals surface area (Å²) in [5, 5.41) is 3.86. The zero-order valence-electron chi connectivity index (χ0n) is 16.9. The summed E-state index contributed by atoms with van der Waals surface area (Å²) in [5.74, 6) is -3.19. The van der Waals surface area contributed by atoms with Gasteiger partial charge in [0.25, 0.3) is 5.92 Å². The summed E-state index contributed by atoms with van der Waals surface area (Å²) in [6, 6.07) is 9.95. The Labute approximate surface area is 164 Å². The maximum Gasteiger partial charge on any atom is 0.267 e. The molecule has 3 heterocycles. The van der Waals surface area contributed by atoms with Gasteiger partial charge in [0.15, 0.2) is 0 Å². The van der Waals surface area contributed by atoms with E-state index < -0.39 is 11.8 Å². The van der Waals surface area contributed by atoms with Crippen molar-refractivity contribution in [3.8, 4) is 11.3 Å². The standard InChI is InChI=1S/C23H27F2N3/c1-13(2)21-18-11-16(19-7-8-26-12-23(19,24)25)5-6-20(18)28-22(21)17-9-14(3)27-15(4)10-17/h5-6,9-11,13,19,26,28H,7-8,12H2,1-4H3/t19-/m0/s1. The van der Waals surface area contributed by atoms with Crippen molar-refractivity contribution in [3.05, 3.63) is 52.8 Å². The van der Waals surface area contributed by atoms with Crippen molar-refractivity contribution < 1.29 is 8.78 Å². The number of halogens is 2. The number of nitrogens with zero attached hydrogens (tertiary/aromatic N) is 1. The average molecular weight is 383 g/mol. The predicted octanol–water partition coefficient (Wildman–Crippen LogP) is 5.68. The molecule has 4 rings (SSSR count). The number of aromatic nitrogens is 2. The van der Waals surface area contributed by atoms with Crippen LogP contribution in [0.25, 0.3) is 22.2 Å².